The van der Waals surface area contributed by atoms with Gasteiger partial charge in [-0.15, -0.1) is 0 Å². The zero-order chi connectivity index (χ0) is 29.5. The number of halogens is 3. The first-order chi connectivity index (χ1) is 19.4. The predicted octanol–water partition coefficient (Wildman–Crippen LogP) is 3.49. The molecule has 2 fully saturated rings. The molecule has 1 heterocycles. The van der Waals surface area contributed by atoms with Crippen molar-refractivity contribution in [2.75, 3.05) is 18.5 Å². The molecule has 5 rings (SSSR count). The Morgan fingerprint density at radius 1 is 1.12 bits per heavy atom. The third kappa shape index (κ3) is 6.12. The summed E-state index contributed by atoms with van der Waals surface area (Å²) >= 11 is 0. The summed E-state index contributed by atoms with van der Waals surface area (Å²) in [5, 5.41) is 22.2. The summed E-state index contributed by atoms with van der Waals surface area (Å²) in [5.74, 6) is -0.833. The van der Waals surface area contributed by atoms with Crippen LogP contribution >= 0.6 is 0 Å². The van der Waals surface area contributed by atoms with Crippen LogP contribution in [0.25, 0.3) is 0 Å². The number of nitrogens with one attached hydrogen (secondary N) is 3. The smallest absolute Gasteiger partial charge is 0.395 e. The van der Waals surface area contributed by atoms with Gasteiger partial charge in [-0.3, -0.25) is 19.1 Å². The van der Waals surface area contributed by atoms with E-state index in [9.17, 15) is 32.7 Å². The first kappa shape index (κ1) is 29.1. The summed E-state index contributed by atoms with van der Waals surface area (Å²) in [7, 11) is 0. The lowest BCUT2D eigenvalue weighted by molar-refractivity contribution is -0.142. The van der Waals surface area contributed by atoms with Gasteiger partial charge < -0.3 is 21.1 Å². The quantitative estimate of drug-likeness (QED) is 0.327. The van der Waals surface area contributed by atoms with Crippen molar-refractivity contribution in [1.82, 2.24) is 20.4 Å². The van der Waals surface area contributed by atoms with Crippen molar-refractivity contribution in [3.8, 4) is 0 Å². The lowest BCUT2D eigenvalue weighted by atomic mass is 9.81. The first-order valence-electron chi connectivity index (χ1n) is 14.2. The summed E-state index contributed by atoms with van der Waals surface area (Å²) < 4.78 is 39.7. The molecule has 2 atom stereocenters. The SMILES string of the molecule is CC(C)n1nccc1C(=O)N[C@H](C(=O)Nc1ccc2c(c1)CCC2(CO)C(=O)NCC(F)(F)F)C(C1CC1)C1CC1. The molecule has 222 valence electrons. The van der Waals surface area contributed by atoms with Crippen LogP contribution in [0, 0.1) is 17.8 Å². The summed E-state index contributed by atoms with van der Waals surface area (Å²) in [5.41, 5.74) is 0.460. The molecule has 3 amide bonds. The Hall–Kier alpha value is -3.41. The van der Waals surface area contributed by atoms with Crippen molar-refractivity contribution in [2.45, 2.75) is 76.0 Å². The Bertz CT molecular complexity index is 1310. The van der Waals surface area contributed by atoms with Gasteiger partial charge in [0.25, 0.3) is 5.91 Å². The minimum atomic E-state index is -4.57. The molecular formula is C29H36F3N5O4. The van der Waals surface area contributed by atoms with E-state index in [4.69, 9.17) is 0 Å². The van der Waals surface area contributed by atoms with E-state index in [0.29, 0.717) is 40.8 Å². The van der Waals surface area contributed by atoms with Crippen LogP contribution in [-0.2, 0) is 21.4 Å². The van der Waals surface area contributed by atoms with Crippen LogP contribution in [0.2, 0.25) is 0 Å². The van der Waals surface area contributed by atoms with Gasteiger partial charge in [0.1, 0.15) is 18.3 Å². The lowest BCUT2D eigenvalue weighted by Crippen LogP contribution is -2.50. The normalized spacial score (nSPS) is 21.1. The third-order valence-electron chi connectivity index (χ3n) is 8.54. The van der Waals surface area contributed by atoms with E-state index in [1.165, 1.54) is 0 Å². The largest absolute Gasteiger partial charge is 0.405 e. The molecule has 3 aliphatic carbocycles. The zero-order valence-electron chi connectivity index (χ0n) is 23.1. The molecule has 3 aliphatic rings. The molecule has 4 N–H and O–H groups in total. The van der Waals surface area contributed by atoms with Gasteiger partial charge in [-0.2, -0.15) is 18.3 Å². The lowest BCUT2D eigenvalue weighted by Gasteiger charge is -2.28. The molecule has 1 aromatic heterocycles. The summed E-state index contributed by atoms with van der Waals surface area (Å²) in [6.07, 6.45) is 1.56. The van der Waals surface area contributed by atoms with Gasteiger partial charge in [-0.05, 0) is 99.5 Å². The fraction of sp³-hybridized carbons (Fsp3) is 0.586. The molecular weight excluding hydrogens is 539 g/mol. The van der Waals surface area contributed by atoms with Crippen LogP contribution in [0.5, 0.6) is 0 Å². The zero-order valence-corrected chi connectivity index (χ0v) is 23.1. The monoisotopic (exact) mass is 575 g/mol. The Labute approximate surface area is 236 Å². The molecule has 12 heteroatoms. The predicted molar refractivity (Wildman–Crippen MR) is 144 cm³/mol. The fourth-order valence-electron chi connectivity index (χ4n) is 6.22. The number of fused-ring (bicyclic) bond motifs is 1. The molecule has 41 heavy (non-hydrogen) atoms. The molecule has 0 aliphatic heterocycles. The van der Waals surface area contributed by atoms with Gasteiger partial charge >= 0.3 is 6.18 Å². The molecule has 0 saturated heterocycles. The second-order valence-corrected chi connectivity index (χ2v) is 11.9. The number of amides is 3. The number of aliphatic hydroxyl groups is 1. The van der Waals surface area contributed by atoms with Crippen molar-refractivity contribution in [3.63, 3.8) is 0 Å². The Kier molecular flexibility index (Phi) is 7.88. The maximum absolute atomic E-state index is 13.8. The van der Waals surface area contributed by atoms with Crippen molar-refractivity contribution < 1.29 is 32.7 Å². The topological polar surface area (TPSA) is 125 Å². The molecule has 9 nitrogen and oxygen atoms in total. The van der Waals surface area contributed by atoms with Crippen LogP contribution in [0.15, 0.2) is 30.5 Å². The van der Waals surface area contributed by atoms with E-state index >= 15 is 0 Å². The number of hydrogen-bond donors (Lipinski definition) is 4. The Balaban J connectivity index is 1.35. The summed E-state index contributed by atoms with van der Waals surface area (Å²) in [6.45, 7) is 1.72. The van der Waals surface area contributed by atoms with Crippen molar-refractivity contribution in [2.24, 2.45) is 17.8 Å². The summed E-state index contributed by atoms with van der Waals surface area (Å²) in [4.78, 5) is 39.8. The molecule has 0 spiro atoms. The van der Waals surface area contributed by atoms with Gasteiger partial charge in [-0.25, -0.2) is 0 Å². The molecule has 0 radical (unpaired) electrons. The number of benzene rings is 1. The number of carbonyl (C=O) groups is 3. The van der Waals surface area contributed by atoms with E-state index in [1.807, 2.05) is 19.2 Å². The Morgan fingerprint density at radius 2 is 1.80 bits per heavy atom. The van der Waals surface area contributed by atoms with Crippen LogP contribution in [-0.4, -0.2) is 58.0 Å². The molecule has 2 aromatic rings. The number of alkyl halides is 3. The van der Waals surface area contributed by atoms with Crippen LogP contribution in [0.3, 0.4) is 0 Å². The van der Waals surface area contributed by atoms with Crippen molar-refractivity contribution >= 4 is 23.4 Å². The average Bonchev–Trinajstić information content (AvgIpc) is 3.85. The minimum Gasteiger partial charge on any atom is -0.395 e. The highest BCUT2D eigenvalue weighted by molar-refractivity contribution is 6.01. The van der Waals surface area contributed by atoms with E-state index in [1.54, 1.807) is 35.1 Å². The van der Waals surface area contributed by atoms with Gasteiger partial charge in [0.05, 0.1) is 12.0 Å². The number of rotatable bonds is 11. The van der Waals surface area contributed by atoms with Gasteiger partial charge in [0.2, 0.25) is 11.8 Å². The highest BCUT2D eigenvalue weighted by Gasteiger charge is 2.49. The molecule has 2 saturated carbocycles. The van der Waals surface area contributed by atoms with Gasteiger partial charge in [0.15, 0.2) is 0 Å². The number of aromatic nitrogens is 2. The maximum Gasteiger partial charge on any atom is 0.405 e. The number of carbonyl (C=O) groups excluding carboxylic acids is 3. The highest BCUT2D eigenvalue weighted by Crippen LogP contribution is 2.51. The minimum absolute atomic E-state index is 0.0168. The Morgan fingerprint density at radius 3 is 2.39 bits per heavy atom. The number of anilines is 1. The highest BCUT2D eigenvalue weighted by atomic mass is 19.4. The van der Waals surface area contributed by atoms with Crippen molar-refractivity contribution in [1.29, 1.82) is 0 Å². The van der Waals surface area contributed by atoms with Crippen LogP contribution in [0.4, 0.5) is 18.9 Å². The molecule has 1 aromatic carbocycles. The molecule has 0 bridgehead atoms. The van der Waals surface area contributed by atoms with E-state index < -0.39 is 36.7 Å². The second-order valence-electron chi connectivity index (χ2n) is 11.9. The van der Waals surface area contributed by atoms with E-state index in [-0.39, 0.29) is 30.2 Å². The summed E-state index contributed by atoms with van der Waals surface area (Å²) in [6, 6.07) is 5.70. The average molecular weight is 576 g/mol. The van der Waals surface area contributed by atoms with Crippen LogP contribution in [0.1, 0.15) is 73.6 Å². The fourth-order valence-corrected chi connectivity index (χ4v) is 6.22. The standard InChI is InChI=1S/C29H36F3N5O4/c1-16(2)37-22(10-12-34-37)25(39)36-24(23(17-3-4-17)18-5-6-18)26(40)35-20-7-8-21-19(13-20)9-11-28(21,15-38)27(41)33-14-29(30,31)32/h7-8,10,12-13,16-18,23-24,38H,3-6,9,11,14-15H2,1-2H3,(H,33,41)(H,35,40)(H,36,39)/t24-,28?/m0/s1. The van der Waals surface area contributed by atoms with Gasteiger partial charge in [-0.1, -0.05) is 6.07 Å². The third-order valence-corrected chi connectivity index (χ3v) is 8.54. The first-order valence-corrected chi connectivity index (χ1v) is 14.2. The van der Waals surface area contributed by atoms with Crippen molar-refractivity contribution in [3.05, 3.63) is 47.3 Å². The van der Waals surface area contributed by atoms with Crippen LogP contribution < -0.4 is 16.0 Å². The second kappa shape index (κ2) is 11.1. The van der Waals surface area contributed by atoms with E-state index in [0.717, 1.165) is 25.7 Å². The maximum atomic E-state index is 13.8. The number of hydrogen-bond acceptors (Lipinski definition) is 5. The number of aliphatic hydroxyl groups excluding tert-OH is 1. The number of aryl methyl sites for hydroxylation is 1. The number of nitrogens with zero attached hydrogens (tertiary/aromatic N) is 2. The van der Waals surface area contributed by atoms with E-state index in [2.05, 4.69) is 15.7 Å². The molecule has 1 unspecified atom stereocenters. The van der Waals surface area contributed by atoms with Gasteiger partial charge in [0, 0.05) is 17.9 Å².